The van der Waals surface area contributed by atoms with Gasteiger partial charge in [-0.3, -0.25) is 4.79 Å². The van der Waals surface area contributed by atoms with Crippen molar-refractivity contribution in [2.75, 3.05) is 0 Å². The van der Waals surface area contributed by atoms with Gasteiger partial charge in [-0.25, -0.2) is 13.9 Å². The third kappa shape index (κ3) is 4.97. The second-order valence-electron chi connectivity index (χ2n) is 4.37. The van der Waals surface area contributed by atoms with E-state index in [-0.39, 0.29) is 0 Å². The lowest BCUT2D eigenvalue weighted by Gasteiger charge is -1.97. The summed E-state index contributed by atoms with van der Waals surface area (Å²) in [6, 6.07) is 8.48. The molecule has 0 bridgehead atoms. The molecular weight excluding hydrogens is 256 g/mol. The fraction of sp³-hybridized carbons (Fsp3) is 0.200. The molecule has 104 valence electrons. The number of aliphatic carboxylic acids is 1. The van der Waals surface area contributed by atoms with Crippen LogP contribution in [0.5, 0.6) is 0 Å². The number of pyridine rings is 2. The number of aromatic nitrogens is 2. The minimum absolute atomic E-state index is 0.824. The Bertz CT molecular complexity index is 534. The van der Waals surface area contributed by atoms with E-state index in [1.54, 1.807) is 0 Å². The van der Waals surface area contributed by atoms with Crippen molar-refractivity contribution in [1.82, 2.24) is 0 Å². The molecule has 0 saturated heterocycles. The van der Waals surface area contributed by atoms with Crippen LogP contribution in [0.3, 0.4) is 0 Å². The molecule has 5 heteroatoms. The molecule has 0 atom stereocenters. The van der Waals surface area contributed by atoms with Gasteiger partial charge in [0.25, 0.3) is 0 Å². The lowest BCUT2D eigenvalue weighted by molar-refractivity contribution is -0.671. The molecule has 20 heavy (non-hydrogen) atoms. The molecule has 2 aromatic rings. The molecular formula is C15H18N2O3+2. The van der Waals surface area contributed by atoms with Gasteiger partial charge in [0.15, 0.2) is 24.8 Å². The van der Waals surface area contributed by atoms with E-state index in [9.17, 15) is 9.59 Å². The highest BCUT2D eigenvalue weighted by atomic mass is 16.4. The Balaban J connectivity index is 0.000000286. The number of carbonyl (C=O) groups excluding carboxylic acids is 1. The summed E-state index contributed by atoms with van der Waals surface area (Å²) in [5.41, 5.74) is 2.51. The Morgan fingerprint density at radius 1 is 0.850 bits per heavy atom. The lowest BCUT2D eigenvalue weighted by atomic mass is 10.1. The molecule has 0 amide bonds. The van der Waals surface area contributed by atoms with Gasteiger partial charge in [-0.1, -0.05) is 0 Å². The lowest BCUT2D eigenvalue weighted by Crippen LogP contribution is -2.26. The summed E-state index contributed by atoms with van der Waals surface area (Å²) in [5.74, 6) is -2.20. The van der Waals surface area contributed by atoms with Crippen LogP contribution < -0.4 is 9.13 Å². The van der Waals surface area contributed by atoms with E-state index in [1.807, 2.05) is 23.2 Å². The maximum atomic E-state index is 9.54. The maximum Gasteiger partial charge on any atom is 0.371 e. The van der Waals surface area contributed by atoms with E-state index in [4.69, 9.17) is 5.11 Å². The van der Waals surface area contributed by atoms with Gasteiger partial charge in [-0.2, -0.15) is 0 Å². The minimum atomic E-state index is -1.38. The number of hydrogen-bond acceptors (Lipinski definition) is 2. The molecule has 0 aliphatic rings. The molecule has 0 aliphatic carbocycles. The Kier molecular flexibility index (Phi) is 5.53. The molecule has 0 unspecified atom stereocenters. The molecule has 0 spiro atoms. The Hall–Kier alpha value is -2.56. The zero-order valence-corrected chi connectivity index (χ0v) is 11.8. The molecule has 5 nitrogen and oxygen atoms in total. The predicted molar refractivity (Wildman–Crippen MR) is 72.5 cm³/mol. The normalized spacial score (nSPS) is 9.35. The minimum Gasteiger partial charge on any atom is -0.476 e. The summed E-state index contributed by atoms with van der Waals surface area (Å²) in [6.07, 6.45) is 8.23. The first-order valence-electron chi connectivity index (χ1n) is 6.05. The van der Waals surface area contributed by atoms with Gasteiger partial charge < -0.3 is 5.11 Å². The second-order valence-corrected chi connectivity index (χ2v) is 4.37. The van der Waals surface area contributed by atoms with Crippen LogP contribution in [0, 0.1) is 0 Å². The third-order valence-corrected chi connectivity index (χ3v) is 2.59. The fourth-order valence-electron chi connectivity index (χ4n) is 1.39. The summed E-state index contributed by atoms with van der Waals surface area (Å²) in [4.78, 5) is 18.9. The number of rotatable bonds is 2. The van der Waals surface area contributed by atoms with Crippen LogP contribution in [0.4, 0.5) is 0 Å². The van der Waals surface area contributed by atoms with Gasteiger partial charge in [0.1, 0.15) is 14.1 Å². The molecule has 2 heterocycles. The largest absolute Gasteiger partial charge is 0.476 e. The van der Waals surface area contributed by atoms with Crippen LogP contribution in [0.1, 0.15) is 6.92 Å². The third-order valence-electron chi connectivity index (χ3n) is 2.59. The first-order valence-corrected chi connectivity index (χ1v) is 6.05. The van der Waals surface area contributed by atoms with Crippen molar-refractivity contribution in [1.29, 1.82) is 0 Å². The molecule has 0 fully saturated rings. The highest BCUT2D eigenvalue weighted by molar-refractivity contribution is 6.31. The van der Waals surface area contributed by atoms with E-state index in [0.717, 1.165) is 6.92 Å². The van der Waals surface area contributed by atoms with Gasteiger partial charge in [-0.05, 0) is 11.1 Å². The van der Waals surface area contributed by atoms with Crippen molar-refractivity contribution in [2.45, 2.75) is 6.92 Å². The Morgan fingerprint density at radius 2 is 1.10 bits per heavy atom. The molecule has 0 aromatic carbocycles. The predicted octanol–water partition coefficient (Wildman–Crippen LogP) is 0.663. The molecule has 2 aromatic heterocycles. The monoisotopic (exact) mass is 274 g/mol. The Morgan fingerprint density at radius 3 is 1.30 bits per heavy atom. The summed E-state index contributed by atoms with van der Waals surface area (Å²) in [5, 5.41) is 7.64. The molecule has 0 aliphatic heterocycles. The number of aryl methyl sites for hydroxylation is 2. The van der Waals surface area contributed by atoms with Crippen LogP contribution in [0.15, 0.2) is 49.1 Å². The standard InChI is InChI=1S/C12H14N2.C3H4O3/c1-13-7-3-11(4-8-13)12-5-9-14(2)10-6-12;1-2(4)3(5)6/h3-10H,1-2H3;1H3,(H,5,6)/q+2;. The summed E-state index contributed by atoms with van der Waals surface area (Å²) in [6.45, 7) is 1.00. The maximum absolute atomic E-state index is 9.54. The van der Waals surface area contributed by atoms with E-state index >= 15 is 0 Å². The fourth-order valence-corrected chi connectivity index (χ4v) is 1.39. The summed E-state index contributed by atoms with van der Waals surface area (Å²) < 4.78 is 4.07. The van der Waals surface area contributed by atoms with Crippen LogP contribution in [-0.2, 0) is 23.7 Å². The van der Waals surface area contributed by atoms with Crippen molar-refractivity contribution in [3.63, 3.8) is 0 Å². The number of Topliss-reactive ketones (excluding diaryl/α,β-unsaturated/α-hetero) is 1. The number of carbonyl (C=O) groups is 2. The first-order chi connectivity index (χ1) is 9.40. The van der Waals surface area contributed by atoms with Crippen molar-refractivity contribution in [3.8, 4) is 11.1 Å². The SMILES string of the molecule is CC(=O)C(=O)O.C[n+]1ccc(-c2cc[n+](C)cc2)cc1. The van der Waals surface area contributed by atoms with Crippen molar-refractivity contribution >= 4 is 11.8 Å². The number of nitrogens with zero attached hydrogens (tertiary/aromatic N) is 2. The molecule has 1 N–H and O–H groups in total. The topological polar surface area (TPSA) is 62.1 Å². The van der Waals surface area contributed by atoms with Gasteiger partial charge in [-0.15, -0.1) is 0 Å². The second kappa shape index (κ2) is 7.13. The summed E-state index contributed by atoms with van der Waals surface area (Å²) in [7, 11) is 4.05. The van der Waals surface area contributed by atoms with E-state index in [2.05, 4.69) is 49.1 Å². The highest BCUT2D eigenvalue weighted by Crippen LogP contribution is 2.14. The molecule has 0 radical (unpaired) electrons. The average molecular weight is 274 g/mol. The van der Waals surface area contributed by atoms with Gasteiger partial charge >= 0.3 is 5.97 Å². The average Bonchev–Trinajstić information content (AvgIpc) is 2.41. The zero-order chi connectivity index (χ0) is 15.1. The summed E-state index contributed by atoms with van der Waals surface area (Å²) >= 11 is 0. The van der Waals surface area contributed by atoms with Gasteiger partial charge in [0.05, 0.1) is 0 Å². The van der Waals surface area contributed by atoms with Crippen LogP contribution in [0.2, 0.25) is 0 Å². The first kappa shape index (κ1) is 15.5. The number of carboxylic acids is 1. The number of ketones is 1. The highest BCUT2D eigenvalue weighted by Gasteiger charge is 2.01. The smallest absolute Gasteiger partial charge is 0.371 e. The number of hydrogen-bond donors (Lipinski definition) is 1. The van der Waals surface area contributed by atoms with Crippen molar-refractivity contribution < 1.29 is 23.8 Å². The van der Waals surface area contributed by atoms with Gasteiger partial charge in [0.2, 0.25) is 5.78 Å². The molecule has 0 saturated carbocycles. The van der Waals surface area contributed by atoms with Gasteiger partial charge in [0, 0.05) is 31.2 Å². The zero-order valence-electron chi connectivity index (χ0n) is 11.8. The Labute approximate surface area is 117 Å². The van der Waals surface area contributed by atoms with Crippen LogP contribution >= 0.6 is 0 Å². The van der Waals surface area contributed by atoms with Crippen LogP contribution in [0.25, 0.3) is 11.1 Å². The van der Waals surface area contributed by atoms with Crippen molar-refractivity contribution in [3.05, 3.63) is 49.1 Å². The van der Waals surface area contributed by atoms with E-state index in [0.29, 0.717) is 0 Å². The number of carboxylic acid groups (broad SMARTS) is 1. The van der Waals surface area contributed by atoms with E-state index < -0.39 is 11.8 Å². The van der Waals surface area contributed by atoms with E-state index in [1.165, 1.54) is 11.1 Å². The quantitative estimate of drug-likeness (QED) is 0.646. The molecule has 2 rings (SSSR count). The van der Waals surface area contributed by atoms with Crippen molar-refractivity contribution in [2.24, 2.45) is 14.1 Å². The van der Waals surface area contributed by atoms with Crippen LogP contribution in [-0.4, -0.2) is 16.9 Å².